The number of aromatic amines is 1. The highest BCUT2D eigenvalue weighted by Gasteiger charge is 2.23. The molecular weight excluding hydrogens is 346 g/mol. The summed E-state index contributed by atoms with van der Waals surface area (Å²) < 4.78 is 38.0. The van der Waals surface area contributed by atoms with Crippen LogP contribution in [0.2, 0.25) is 0 Å². The van der Waals surface area contributed by atoms with E-state index in [2.05, 4.69) is 25.1 Å². The minimum absolute atomic E-state index is 0.122. The van der Waals surface area contributed by atoms with E-state index in [1.807, 2.05) is 12.1 Å². The topological polar surface area (TPSA) is 123 Å². The van der Waals surface area contributed by atoms with E-state index in [9.17, 15) is 8.42 Å². The molecule has 0 fully saturated rings. The van der Waals surface area contributed by atoms with Gasteiger partial charge in [-0.1, -0.05) is 12.1 Å². The van der Waals surface area contributed by atoms with Gasteiger partial charge in [0.15, 0.2) is 0 Å². The van der Waals surface area contributed by atoms with Crippen LogP contribution in [-0.4, -0.2) is 35.9 Å². The SMILES string of the molecule is COc1ccccc1-c1nnc(CNS(=O)(=O)c2c(C)n[nH]c2C)o1. The number of rotatable bonds is 6. The Kier molecular flexibility index (Phi) is 4.55. The lowest BCUT2D eigenvalue weighted by Gasteiger charge is -2.05. The summed E-state index contributed by atoms with van der Waals surface area (Å²) in [5, 5.41) is 14.4. The number of benzene rings is 1. The number of H-pyrrole nitrogens is 1. The lowest BCUT2D eigenvalue weighted by atomic mass is 10.2. The molecule has 0 radical (unpaired) electrons. The molecule has 9 nitrogen and oxygen atoms in total. The molecule has 0 aliphatic heterocycles. The van der Waals surface area contributed by atoms with E-state index in [0.29, 0.717) is 22.7 Å². The number of aryl methyl sites for hydroxylation is 2. The number of para-hydroxylation sites is 1. The van der Waals surface area contributed by atoms with Gasteiger partial charge >= 0.3 is 0 Å². The normalized spacial score (nSPS) is 11.6. The van der Waals surface area contributed by atoms with Crippen LogP contribution in [0.25, 0.3) is 11.5 Å². The number of nitrogens with zero attached hydrogens (tertiary/aromatic N) is 3. The number of hydrogen-bond donors (Lipinski definition) is 2. The first-order valence-corrected chi connectivity index (χ1v) is 8.87. The van der Waals surface area contributed by atoms with Crippen molar-refractivity contribution in [2.45, 2.75) is 25.3 Å². The van der Waals surface area contributed by atoms with Gasteiger partial charge in [0.25, 0.3) is 5.89 Å². The average Bonchev–Trinajstić information content (AvgIpc) is 3.20. The summed E-state index contributed by atoms with van der Waals surface area (Å²) >= 11 is 0. The van der Waals surface area contributed by atoms with Crippen LogP contribution in [0.4, 0.5) is 0 Å². The maximum absolute atomic E-state index is 12.4. The number of sulfonamides is 1. The molecule has 0 atom stereocenters. The van der Waals surface area contributed by atoms with E-state index < -0.39 is 10.0 Å². The predicted octanol–water partition coefficient (Wildman–Crippen LogP) is 1.56. The van der Waals surface area contributed by atoms with Gasteiger partial charge in [-0.15, -0.1) is 10.2 Å². The zero-order valence-corrected chi connectivity index (χ0v) is 14.7. The third-order valence-electron chi connectivity index (χ3n) is 3.55. The lowest BCUT2D eigenvalue weighted by Crippen LogP contribution is -2.24. The molecule has 0 saturated heterocycles. The van der Waals surface area contributed by atoms with Gasteiger partial charge in [0.2, 0.25) is 15.9 Å². The molecule has 132 valence electrons. The van der Waals surface area contributed by atoms with E-state index in [1.165, 1.54) is 0 Å². The van der Waals surface area contributed by atoms with Crippen molar-refractivity contribution in [3.63, 3.8) is 0 Å². The van der Waals surface area contributed by atoms with Crippen molar-refractivity contribution >= 4 is 10.0 Å². The molecule has 25 heavy (non-hydrogen) atoms. The third kappa shape index (κ3) is 3.39. The Morgan fingerprint density at radius 2 is 2.00 bits per heavy atom. The number of methoxy groups -OCH3 is 1. The van der Waals surface area contributed by atoms with Crippen molar-refractivity contribution in [2.24, 2.45) is 0 Å². The Bertz CT molecular complexity index is 974. The van der Waals surface area contributed by atoms with Gasteiger partial charge in [0.05, 0.1) is 30.6 Å². The highest BCUT2D eigenvalue weighted by atomic mass is 32.2. The molecule has 0 saturated carbocycles. The molecular formula is C15H17N5O4S. The monoisotopic (exact) mass is 363 g/mol. The molecule has 0 amide bonds. The molecule has 1 aromatic carbocycles. The molecule has 2 N–H and O–H groups in total. The van der Waals surface area contributed by atoms with Crippen molar-refractivity contribution in [3.05, 3.63) is 41.5 Å². The van der Waals surface area contributed by atoms with Crippen LogP contribution in [0.3, 0.4) is 0 Å². The second-order valence-corrected chi connectivity index (χ2v) is 6.99. The van der Waals surface area contributed by atoms with Crippen molar-refractivity contribution in [2.75, 3.05) is 7.11 Å². The summed E-state index contributed by atoms with van der Waals surface area (Å²) in [7, 11) is -2.20. The number of aromatic nitrogens is 4. The minimum atomic E-state index is -3.74. The molecule has 10 heteroatoms. The first kappa shape index (κ1) is 17.1. The summed E-state index contributed by atoms with van der Waals surface area (Å²) in [5.41, 5.74) is 1.49. The quantitative estimate of drug-likeness (QED) is 0.681. The molecule has 0 bridgehead atoms. The summed E-state index contributed by atoms with van der Waals surface area (Å²) in [6.07, 6.45) is 0. The summed E-state index contributed by atoms with van der Waals surface area (Å²) in [6, 6.07) is 7.18. The number of nitrogens with one attached hydrogen (secondary N) is 2. The second-order valence-electron chi connectivity index (χ2n) is 5.29. The Labute approximate surface area is 144 Å². The molecule has 3 aromatic rings. The van der Waals surface area contributed by atoms with Crippen LogP contribution in [0.5, 0.6) is 5.75 Å². The number of ether oxygens (including phenoxy) is 1. The molecule has 3 rings (SSSR count). The summed E-state index contributed by atoms with van der Waals surface area (Å²) in [4.78, 5) is 0.122. The van der Waals surface area contributed by atoms with Crippen molar-refractivity contribution in [1.29, 1.82) is 0 Å². The minimum Gasteiger partial charge on any atom is -0.496 e. The van der Waals surface area contributed by atoms with Gasteiger partial charge in [-0.2, -0.15) is 5.10 Å². The standard InChI is InChI=1S/C15H17N5O4S/c1-9-14(10(2)18-17-9)25(21,22)16-8-13-19-20-15(24-13)11-6-4-5-7-12(11)23-3/h4-7,16H,8H2,1-3H3,(H,17,18). The van der Waals surface area contributed by atoms with E-state index in [0.717, 1.165) is 0 Å². The van der Waals surface area contributed by atoms with E-state index >= 15 is 0 Å². The van der Waals surface area contributed by atoms with Crippen molar-refractivity contribution in [1.82, 2.24) is 25.1 Å². The smallest absolute Gasteiger partial charge is 0.251 e. The van der Waals surface area contributed by atoms with Gasteiger partial charge in [0.1, 0.15) is 10.6 Å². The molecule has 2 heterocycles. The average molecular weight is 363 g/mol. The fourth-order valence-corrected chi connectivity index (χ4v) is 3.76. The predicted molar refractivity (Wildman–Crippen MR) is 88.4 cm³/mol. The molecule has 0 aliphatic rings. The molecule has 2 aromatic heterocycles. The van der Waals surface area contributed by atoms with Crippen LogP contribution in [0.15, 0.2) is 33.6 Å². The van der Waals surface area contributed by atoms with E-state index in [-0.39, 0.29) is 23.2 Å². The van der Waals surface area contributed by atoms with Gasteiger partial charge in [-0.05, 0) is 26.0 Å². The fourth-order valence-electron chi connectivity index (χ4n) is 2.42. The van der Waals surface area contributed by atoms with Crippen LogP contribution < -0.4 is 9.46 Å². The van der Waals surface area contributed by atoms with Gasteiger partial charge in [-0.25, -0.2) is 13.1 Å². The largest absolute Gasteiger partial charge is 0.496 e. The van der Waals surface area contributed by atoms with Crippen LogP contribution in [0, 0.1) is 13.8 Å². The van der Waals surface area contributed by atoms with Gasteiger partial charge in [-0.3, -0.25) is 5.10 Å². The third-order valence-corrected chi connectivity index (χ3v) is 5.21. The van der Waals surface area contributed by atoms with E-state index in [4.69, 9.17) is 9.15 Å². The van der Waals surface area contributed by atoms with Gasteiger partial charge < -0.3 is 9.15 Å². The van der Waals surface area contributed by atoms with Crippen molar-refractivity contribution in [3.8, 4) is 17.2 Å². The number of hydrogen-bond acceptors (Lipinski definition) is 7. The lowest BCUT2D eigenvalue weighted by molar-refractivity contribution is 0.413. The first-order chi connectivity index (χ1) is 11.9. The van der Waals surface area contributed by atoms with Crippen LogP contribution >= 0.6 is 0 Å². The zero-order chi connectivity index (χ0) is 18.0. The Morgan fingerprint density at radius 3 is 2.68 bits per heavy atom. The Hall–Kier alpha value is -2.72. The van der Waals surface area contributed by atoms with Crippen molar-refractivity contribution < 1.29 is 17.6 Å². The second kappa shape index (κ2) is 6.65. The maximum Gasteiger partial charge on any atom is 0.251 e. The Balaban J connectivity index is 1.78. The zero-order valence-electron chi connectivity index (χ0n) is 13.9. The summed E-state index contributed by atoms with van der Waals surface area (Å²) in [6.45, 7) is 3.13. The molecule has 0 spiro atoms. The Morgan fingerprint density at radius 1 is 1.24 bits per heavy atom. The van der Waals surface area contributed by atoms with Crippen LogP contribution in [-0.2, 0) is 16.6 Å². The fraction of sp³-hybridized carbons (Fsp3) is 0.267. The summed E-state index contributed by atoms with van der Waals surface area (Å²) in [5.74, 6) is 0.980. The highest BCUT2D eigenvalue weighted by molar-refractivity contribution is 7.89. The molecule has 0 unspecified atom stereocenters. The maximum atomic E-state index is 12.4. The van der Waals surface area contributed by atoms with Gasteiger partial charge in [0, 0.05) is 0 Å². The highest BCUT2D eigenvalue weighted by Crippen LogP contribution is 2.28. The van der Waals surface area contributed by atoms with Crippen LogP contribution in [0.1, 0.15) is 17.3 Å². The first-order valence-electron chi connectivity index (χ1n) is 7.39. The van der Waals surface area contributed by atoms with E-state index in [1.54, 1.807) is 33.1 Å². The molecule has 0 aliphatic carbocycles.